The van der Waals surface area contributed by atoms with Gasteiger partial charge in [-0.15, -0.1) is 0 Å². The van der Waals surface area contributed by atoms with Crippen molar-refractivity contribution in [2.24, 2.45) is 0 Å². The monoisotopic (exact) mass is 369 g/mol. The van der Waals surface area contributed by atoms with Gasteiger partial charge in [0.2, 0.25) is 17.2 Å². The molecule has 0 saturated heterocycles. The Balaban J connectivity index is 2.24. The summed E-state index contributed by atoms with van der Waals surface area (Å²) >= 11 is 9.48. The Morgan fingerprint density at radius 2 is 1.71 bits per heavy atom. The third-order valence-electron chi connectivity index (χ3n) is 2.83. The molecule has 0 unspecified atom stereocenters. The minimum absolute atomic E-state index is 0.164. The van der Waals surface area contributed by atoms with E-state index in [9.17, 15) is 0 Å². The van der Waals surface area contributed by atoms with Crippen molar-refractivity contribution in [3.05, 3.63) is 33.0 Å². The zero-order chi connectivity index (χ0) is 15.4. The smallest absolute Gasteiger partial charge is 0.233 e. The van der Waals surface area contributed by atoms with E-state index < -0.39 is 0 Å². The second kappa shape index (κ2) is 7.04. The molecule has 0 amide bonds. The normalized spacial score (nSPS) is 10.5. The molecule has 0 atom stereocenters. The largest absolute Gasteiger partial charge is 0.354 e. The summed E-state index contributed by atoms with van der Waals surface area (Å²) in [4.78, 5) is 12.5. The molecular formula is C14H17BrClN5. The van der Waals surface area contributed by atoms with Gasteiger partial charge in [-0.25, -0.2) is 0 Å². The lowest BCUT2D eigenvalue weighted by molar-refractivity contribution is 0.940. The van der Waals surface area contributed by atoms with E-state index in [-0.39, 0.29) is 5.28 Å². The fraction of sp³-hybridized carbons (Fsp3) is 0.357. The van der Waals surface area contributed by atoms with Crippen LogP contribution in [0.1, 0.15) is 24.5 Å². The predicted molar refractivity (Wildman–Crippen MR) is 90.5 cm³/mol. The predicted octanol–water partition coefficient (Wildman–Crippen LogP) is 4.47. The van der Waals surface area contributed by atoms with Crippen LogP contribution >= 0.6 is 27.5 Å². The first-order valence-corrected chi connectivity index (χ1v) is 7.86. The van der Waals surface area contributed by atoms with Gasteiger partial charge in [0, 0.05) is 16.7 Å². The van der Waals surface area contributed by atoms with Gasteiger partial charge >= 0.3 is 0 Å². The number of hydrogen-bond donors (Lipinski definition) is 2. The Kier molecular flexibility index (Phi) is 5.36. The number of halogens is 2. The van der Waals surface area contributed by atoms with Crippen molar-refractivity contribution in [2.45, 2.75) is 27.2 Å². The van der Waals surface area contributed by atoms with Crippen LogP contribution in [0.2, 0.25) is 5.28 Å². The summed E-state index contributed by atoms with van der Waals surface area (Å²) in [6.45, 7) is 6.94. The minimum Gasteiger partial charge on any atom is -0.354 e. The highest BCUT2D eigenvalue weighted by Gasteiger charge is 2.07. The Hall–Kier alpha value is -1.40. The quantitative estimate of drug-likeness (QED) is 0.813. The number of rotatable bonds is 5. The molecular weight excluding hydrogens is 354 g/mol. The third kappa shape index (κ3) is 4.28. The van der Waals surface area contributed by atoms with Crippen molar-refractivity contribution >= 4 is 45.1 Å². The molecule has 1 aromatic heterocycles. The van der Waals surface area contributed by atoms with Gasteiger partial charge in [-0.2, -0.15) is 15.0 Å². The molecule has 112 valence electrons. The SMILES string of the molecule is CCCNc1nc(Cl)nc(Nc2cc(C)c(Br)c(C)c2)n1. The summed E-state index contributed by atoms with van der Waals surface area (Å²) in [6.07, 6.45) is 0.983. The zero-order valence-electron chi connectivity index (χ0n) is 12.2. The van der Waals surface area contributed by atoms with E-state index in [0.717, 1.165) is 34.3 Å². The lowest BCUT2D eigenvalue weighted by Crippen LogP contribution is -2.08. The van der Waals surface area contributed by atoms with E-state index in [1.807, 2.05) is 26.0 Å². The van der Waals surface area contributed by atoms with Gasteiger partial charge in [-0.05, 0) is 55.1 Å². The highest BCUT2D eigenvalue weighted by molar-refractivity contribution is 9.10. The Morgan fingerprint density at radius 1 is 1.10 bits per heavy atom. The van der Waals surface area contributed by atoms with Gasteiger partial charge < -0.3 is 10.6 Å². The Labute approximate surface area is 137 Å². The molecule has 0 spiro atoms. The lowest BCUT2D eigenvalue weighted by Gasteiger charge is -2.10. The van der Waals surface area contributed by atoms with Gasteiger partial charge in [-0.1, -0.05) is 22.9 Å². The molecule has 21 heavy (non-hydrogen) atoms. The van der Waals surface area contributed by atoms with Crippen LogP contribution in [0.4, 0.5) is 17.6 Å². The van der Waals surface area contributed by atoms with E-state index in [2.05, 4.69) is 48.4 Å². The molecule has 2 aromatic rings. The molecule has 0 radical (unpaired) electrons. The standard InChI is InChI=1S/C14H17BrClN5/c1-4-5-17-13-19-12(16)20-14(21-13)18-10-6-8(2)11(15)9(3)7-10/h6-7H,4-5H2,1-3H3,(H2,17,18,19,20,21). The fourth-order valence-electron chi connectivity index (χ4n) is 1.87. The van der Waals surface area contributed by atoms with Crippen LogP contribution in [0.3, 0.4) is 0 Å². The van der Waals surface area contributed by atoms with Crippen LogP contribution in [0, 0.1) is 13.8 Å². The van der Waals surface area contributed by atoms with E-state index in [1.165, 1.54) is 0 Å². The number of nitrogens with one attached hydrogen (secondary N) is 2. The van der Waals surface area contributed by atoms with Crippen LogP contribution in [-0.4, -0.2) is 21.5 Å². The second-order valence-electron chi connectivity index (χ2n) is 4.73. The molecule has 7 heteroatoms. The number of benzene rings is 1. The van der Waals surface area contributed by atoms with Crippen LogP contribution in [-0.2, 0) is 0 Å². The van der Waals surface area contributed by atoms with E-state index in [0.29, 0.717) is 11.9 Å². The first kappa shape index (κ1) is 16.0. The maximum Gasteiger partial charge on any atom is 0.233 e. The molecule has 0 aliphatic rings. The van der Waals surface area contributed by atoms with Crippen molar-refractivity contribution in [2.75, 3.05) is 17.2 Å². The third-order valence-corrected chi connectivity index (χ3v) is 4.25. The first-order chi connectivity index (χ1) is 9.99. The van der Waals surface area contributed by atoms with Crippen LogP contribution in [0.25, 0.3) is 0 Å². The molecule has 2 N–H and O–H groups in total. The summed E-state index contributed by atoms with van der Waals surface area (Å²) < 4.78 is 1.10. The number of anilines is 3. The number of aromatic nitrogens is 3. The summed E-state index contributed by atoms with van der Waals surface area (Å²) in [6, 6.07) is 4.04. The van der Waals surface area contributed by atoms with Gasteiger partial charge in [-0.3, -0.25) is 0 Å². The van der Waals surface area contributed by atoms with Gasteiger partial charge in [0.1, 0.15) is 0 Å². The Bertz CT molecular complexity index is 624. The molecule has 5 nitrogen and oxygen atoms in total. The van der Waals surface area contributed by atoms with Gasteiger partial charge in [0.25, 0.3) is 0 Å². The Morgan fingerprint density at radius 3 is 2.33 bits per heavy atom. The molecule has 2 rings (SSSR count). The van der Waals surface area contributed by atoms with Crippen molar-refractivity contribution < 1.29 is 0 Å². The van der Waals surface area contributed by atoms with Crippen LogP contribution in [0.5, 0.6) is 0 Å². The van der Waals surface area contributed by atoms with E-state index in [4.69, 9.17) is 11.6 Å². The molecule has 1 aromatic carbocycles. The number of hydrogen-bond acceptors (Lipinski definition) is 5. The van der Waals surface area contributed by atoms with Crippen LogP contribution in [0.15, 0.2) is 16.6 Å². The zero-order valence-corrected chi connectivity index (χ0v) is 14.5. The lowest BCUT2D eigenvalue weighted by atomic mass is 10.1. The molecule has 0 fully saturated rings. The van der Waals surface area contributed by atoms with E-state index >= 15 is 0 Å². The van der Waals surface area contributed by atoms with Crippen molar-refractivity contribution in [1.29, 1.82) is 0 Å². The topological polar surface area (TPSA) is 62.7 Å². The first-order valence-electron chi connectivity index (χ1n) is 6.68. The maximum absolute atomic E-state index is 5.93. The molecule has 1 heterocycles. The van der Waals surface area contributed by atoms with Gasteiger partial charge in [0.05, 0.1) is 0 Å². The maximum atomic E-state index is 5.93. The summed E-state index contributed by atoms with van der Waals surface area (Å²) in [5.74, 6) is 0.902. The highest BCUT2D eigenvalue weighted by atomic mass is 79.9. The number of aryl methyl sites for hydroxylation is 2. The molecule has 0 saturated carbocycles. The van der Waals surface area contributed by atoms with E-state index in [1.54, 1.807) is 0 Å². The average molecular weight is 371 g/mol. The summed E-state index contributed by atoms with van der Waals surface area (Å²) in [5, 5.41) is 6.43. The average Bonchev–Trinajstić information content (AvgIpc) is 2.42. The van der Waals surface area contributed by atoms with Crippen molar-refractivity contribution in [3.63, 3.8) is 0 Å². The molecule has 0 bridgehead atoms. The van der Waals surface area contributed by atoms with Crippen molar-refractivity contribution in [3.8, 4) is 0 Å². The molecule has 0 aliphatic carbocycles. The molecule has 0 aliphatic heterocycles. The summed E-state index contributed by atoms with van der Waals surface area (Å²) in [5.41, 5.74) is 3.20. The van der Waals surface area contributed by atoms with Crippen LogP contribution < -0.4 is 10.6 Å². The van der Waals surface area contributed by atoms with Gasteiger partial charge in [0.15, 0.2) is 0 Å². The second-order valence-corrected chi connectivity index (χ2v) is 5.86. The highest BCUT2D eigenvalue weighted by Crippen LogP contribution is 2.26. The summed E-state index contributed by atoms with van der Waals surface area (Å²) in [7, 11) is 0. The fourth-order valence-corrected chi connectivity index (χ4v) is 2.26. The number of nitrogens with zero attached hydrogens (tertiary/aromatic N) is 3. The van der Waals surface area contributed by atoms with Crippen molar-refractivity contribution in [1.82, 2.24) is 15.0 Å². The minimum atomic E-state index is 0.164.